The van der Waals surface area contributed by atoms with Gasteiger partial charge in [-0.05, 0) is 35.9 Å². The van der Waals surface area contributed by atoms with Crippen LogP contribution in [0.25, 0.3) is 21.7 Å². The summed E-state index contributed by atoms with van der Waals surface area (Å²) in [6, 6.07) is 17.4. The largest absolute Gasteiger partial charge is 0.463 e. The maximum absolute atomic E-state index is 12.9. The van der Waals surface area contributed by atoms with E-state index < -0.39 is 10.0 Å². The van der Waals surface area contributed by atoms with Crippen molar-refractivity contribution >= 4 is 38.0 Å². The molecule has 0 saturated heterocycles. The molecule has 0 radical (unpaired) electrons. The lowest BCUT2D eigenvalue weighted by atomic mass is 10.0. The second kappa shape index (κ2) is 6.48. The summed E-state index contributed by atoms with van der Waals surface area (Å²) in [7, 11) is -3.90. The van der Waals surface area contributed by atoms with Crippen LogP contribution in [0.15, 0.2) is 85.4 Å². The molecule has 4 rings (SSSR count). The van der Waals surface area contributed by atoms with Gasteiger partial charge in [0, 0.05) is 0 Å². The number of fused-ring (bicyclic) bond motifs is 3. The van der Waals surface area contributed by atoms with Crippen molar-refractivity contribution in [2.24, 2.45) is 4.40 Å². The summed E-state index contributed by atoms with van der Waals surface area (Å²) < 4.78 is 33.9. The molecule has 0 aliphatic carbocycles. The van der Waals surface area contributed by atoms with Crippen LogP contribution in [-0.4, -0.2) is 14.6 Å². The predicted molar refractivity (Wildman–Crippen MR) is 106 cm³/mol. The SMILES string of the molecule is Cc1ccc(S(=O)(=O)/N=C/c2coc3ccc4ccccc4c3c2=O)cc1. The van der Waals surface area contributed by atoms with E-state index in [1.807, 2.05) is 37.3 Å². The van der Waals surface area contributed by atoms with Crippen molar-refractivity contribution in [2.75, 3.05) is 0 Å². The highest BCUT2D eigenvalue weighted by Crippen LogP contribution is 2.23. The van der Waals surface area contributed by atoms with Crippen molar-refractivity contribution in [3.8, 4) is 0 Å². The molecule has 3 aromatic carbocycles. The van der Waals surface area contributed by atoms with Gasteiger partial charge in [0.2, 0.25) is 5.43 Å². The van der Waals surface area contributed by atoms with Crippen LogP contribution in [0.3, 0.4) is 0 Å². The fraction of sp³-hybridized carbons (Fsp3) is 0.0476. The second-order valence-corrected chi connectivity index (χ2v) is 7.83. The molecule has 0 N–H and O–H groups in total. The van der Waals surface area contributed by atoms with Crippen molar-refractivity contribution in [1.29, 1.82) is 0 Å². The van der Waals surface area contributed by atoms with Gasteiger partial charge in [0.15, 0.2) is 0 Å². The summed E-state index contributed by atoms with van der Waals surface area (Å²) in [5.41, 5.74) is 1.14. The number of nitrogens with zero attached hydrogens (tertiary/aromatic N) is 1. The molecule has 0 bridgehead atoms. The maximum Gasteiger partial charge on any atom is 0.282 e. The topological polar surface area (TPSA) is 76.7 Å². The molecule has 134 valence electrons. The lowest BCUT2D eigenvalue weighted by Gasteiger charge is -2.03. The van der Waals surface area contributed by atoms with E-state index in [-0.39, 0.29) is 15.9 Å². The van der Waals surface area contributed by atoms with Crippen molar-refractivity contribution in [1.82, 2.24) is 0 Å². The number of rotatable bonds is 3. The van der Waals surface area contributed by atoms with Gasteiger partial charge in [-0.25, -0.2) is 0 Å². The number of hydrogen-bond donors (Lipinski definition) is 0. The molecule has 27 heavy (non-hydrogen) atoms. The van der Waals surface area contributed by atoms with Gasteiger partial charge in [-0.15, -0.1) is 0 Å². The quantitative estimate of drug-likeness (QED) is 0.398. The number of sulfonamides is 1. The lowest BCUT2D eigenvalue weighted by molar-refractivity contribution is 0.598. The summed E-state index contributed by atoms with van der Waals surface area (Å²) in [6.07, 6.45) is 2.27. The minimum Gasteiger partial charge on any atom is -0.463 e. The molecule has 1 heterocycles. The summed E-state index contributed by atoms with van der Waals surface area (Å²) >= 11 is 0. The third kappa shape index (κ3) is 3.15. The average Bonchev–Trinajstić information content (AvgIpc) is 2.67. The van der Waals surface area contributed by atoms with Crippen LogP contribution in [0.2, 0.25) is 0 Å². The Balaban J connectivity index is 1.84. The monoisotopic (exact) mass is 377 g/mol. The molecular weight excluding hydrogens is 362 g/mol. The summed E-state index contributed by atoms with van der Waals surface area (Å²) in [6.45, 7) is 1.87. The molecule has 5 nitrogen and oxygen atoms in total. The van der Waals surface area contributed by atoms with Crippen LogP contribution in [0.5, 0.6) is 0 Å². The van der Waals surface area contributed by atoms with Crippen molar-refractivity contribution in [2.45, 2.75) is 11.8 Å². The normalized spacial score (nSPS) is 12.2. The van der Waals surface area contributed by atoms with Gasteiger partial charge in [0.25, 0.3) is 10.0 Å². The first-order valence-corrected chi connectivity index (χ1v) is 9.70. The first-order valence-electron chi connectivity index (χ1n) is 8.26. The standard InChI is InChI=1S/C21H15NO4S/c1-14-6-9-17(10-7-14)27(24,25)22-12-16-13-26-19-11-8-15-4-2-3-5-18(15)20(19)21(16)23/h2-13H,1H3/b22-12+. The molecule has 0 unspecified atom stereocenters. The molecular formula is C21H15NO4S. The Labute approximate surface area is 155 Å². The van der Waals surface area contributed by atoms with Gasteiger partial charge in [-0.3, -0.25) is 4.79 Å². The fourth-order valence-electron chi connectivity index (χ4n) is 2.90. The molecule has 1 aromatic heterocycles. The van der Waals surface area contributed by atoms with E-state index in [1.54, 1.807) is 18.2 Å². The summed E-state index contributed by atoms with van der Waals surface area (Å²) in [4.78, 5) is 13.0. The fourth-order valence-corrected chi connectivity index (χ4v) is 3.75. The molecule has 0 atom stereocenters. The van der Waals surface area contributed by atoms with Crippen LogP contribution >= 0.6 is 0 Å². The Morgan fingerprint density at radius 3 is 2.48 bits per heavy atom. The zero-order valence-electron chi connectivity index (χ0n) is 14.4. The van der Waals surface area contributed by atoms with Gasteiger partial charge in [0.05, 0.1) is 22.1 Å². The highest BCUT2D eigenvalue weighted by molar-refractivity contribution is 7.90. The van der Waals surface area contributed by atoms with Crippen molar-refractivity contribution in [3.63, 3.8) is 0 Å². The molecule has 0 saturated carbocycles. The number of hydrogen-bond acceptors (Lipinski definition) is 4. The smallest absolute Gasteiger partial charge is 0.282 e. The molecule has 0 aliphatic rings. The van der Waals surface area contributed by atoms with E-state index in [0.29, 0.717) is 11.0 Å². The third-order valence-electron chi connectivity index (χ3n) is 4.34. The van der Waals surface area contributed by atoms with Gasteiger partial charge in [0.1, 0.15) is 11.8 Å². The van der Waals surface area contributed by atoms with Crippen molar-refractivity contribution in [3.05, 3.63) is 88.3 Å². The average molecular weight is 377 g/mol. The Kier molecular flexibility index (Phi) is 4.12. The van der Waals surface area contributed by atoms with E-state index in [9.17, 15) is 13.2 Å². The molecule has 0 spiro atoms. The lowest BCUT2D eigenvalue weighted by Crippen LogP contribution is -2.09. The molecule has 0 amide bonds. The first-order chi connectivity index (χ1) is 13.0. The van der Waals surface area contributed by atoms with E-state index in [1.165, 1.54) is 18.4 Å². The Hall–Kier alpha value is -3.25. The predicted octanol–water partition coefficient (Wildman–Crippen LogP) is 4.06. The van der Waals surface area contributed by atoms with E-state index in [0.717, 1.165) is 22.6 Å². The summed E-state index contributed by atoms with van der Waals surface area (Å²) in [5, 5.41) is 2.06. The van der Waals surface area contributed by atoms with Gasteiger partial charge in [-0.1, -0.05) is 48.0 Å². The van der Waals surface area contributed by atoms with Crippen LogP contribution in [0, 0.1) is 6.92 Å². The maximum atomic E-state index is 12.9. The van der Waals surface area contributed by atoms with Crippen LogP contribution in [-0.2, 0) is 10.0 Å². The highest BCUT2D eigenvalue weighted by Gasteiger charge is 2.13. The van der Waals surface area contributed by atoms with Gasteiger partial charge >= 0.3 is 0 Å². The van der Waals surface area contributed by atoms with Crippen LogP contribution in [0.4, 0.5) is 0 Å². The first kappa shape index (κ1) is 17.2. The van der Waals surface area contributed by atoms with E-state index in [2.05, 4.69) is 4.40 Å². The van der Waals surface area contributed by atoms with Crippen LogP contribution in [0.1, 0.15) is 11.1 Å². The highest BCUT2D eigenvalue weighted by atomic mass is 32.2. The number of aryl methyl sites for hydroxylation is 1. The zero-order valence-corrected chi connectivity index (χ0v) is 15.2. The summed E-state index contributed by atoms with van der Waals surface area (Å²) in [5.74, 6) is 0. The second-order valence-electron chi connectivity index (χ2n) is 6.20. The van der Waals surface area contributed by atoms with E-state index >= 15 is 0 Å². The molecule has 0 fully saturated rings. The third-order valence-corrected chi connectivity index (χ3v) is 5.59. The molecule has 4 aromatic rings. The minimum absolute atomic E-state index is 0.0694. The van der Waals surface area contributed by atoms with E-state index in [4.69, 9.17) is 4.42 Å². The van der Waals surface area contributed by atoms with Crippen molar-refractivity contribution < 1.29 is 12.8 Å². The van der Waals surface area contributed by atoms with Gasteiger partial charge in [-0.2, -0.15) is 12.8 Å². The zero-order chi connectivity index (χ0) is 19.0. The van der Waals surface area contributed by atoms with Crippen LogP contribution < -0.4 is 5.43 Å². The Morgan fingerprint density at radius 1 is 0.963 bits per heavy atom. The van der Waals surface area contributed by atoms with Gasteiger partial charge < -0.3 is 4.42 Å². The number of benzene rings is 3. The Bertz CT molecular complexity index is 1350. The Morgan fingerprint density at radius 2 is 1.70 bits per heavy atom. The minimum atomic E-state index is -3.90. The molecule has 6 heteroatoms. The molecule has 0 aliphatic heterocycles.